The average molecular weight is 998 g/mol. The number of aliphatic hydroxyl groups excluding tert-OH is 4. The monoisotopic (exact) mass is 997 g/mol. The van der Waals surface area contributed by atoms with Crippen molar-refractivity contribution in [2.75, 3.05) is 0 Å². The third-order valence-electron chi connectivity index (χ3n) is 2.85. The molecule has 0 spiro atoms. The number of aliphatic carboxylic acids is 1. The summed E-state index contributed by atoms with van der Waals surface area (Å²) >= 11 is 0. The van der Waals surface area contributed by atoms with Crippen LogP contribution in [-0.4, -0.2) is 159 Å². The molecule has 0 amide bonds. The van der Waals surface area contributed by atoms with Gasteiger partial charge < -0.3 is 103 Å². The number of aldehydes is 5. The first-order chi connectivity index (χ1) is 23.8. The number of hydrogen-bond acceptors (Lipinski definition) is 18. The Labute approximate surface area is 469 Å². The van der Waals surface area contributed by atoms with Crippen LogP contribution in [0.2, 0.25) is 0 Å². The minimum atomic E-state index is -1.44. The zero-order valence-corrected chi connectivity index (χ0v) is 49.9. The second-order valence-electron chi connectivity index (χ2n) is 8.05. The number of carbonyl (C=O) groups excluding carboxylic acids is 12. The summed E-state index contributed by atoms with van der Waals surface area (Å²) in [5.41, 5.74) is 0. The van der Waals surface area contributed by atoms with Crippen LogP contribution < -0.4 is 123 Å². The molecule has 0 saturated heterocycles. The SMILES string of the molecule is C=CO.CC(=O)C(C)C.CC(O)C(=O)[O-].CC(O)C(C)O.CC=O.CC=O.CC=O.CC=[OH+].CC=[OH+].CCC(C)=O.CCC(C)=O.C[C-]=O.O.O.O.O.O.O=C=O.[HH].[Na+].[Na+].[Na+].[Na+].[OH-].[OH-].[OH-]. The minimum Gasteiger partial charge on any atom is -0.870 e. The molecule has 0 aromatic carbocycles. The molecule has 0 rings (SSSR count). The predicted molar refractivity (Wildman–Crippen MR) is 225 cm³/mol. The van der Waals surface area contributed by atoms with Gasteiger partial charge in [0.05, 0.1) is 30.5 Å². The Bertz CT molecular complexity index is 726. The van der Waals surface area contributed by atoms with Gasteiger partial charge in [0, 0.05) is 34.0 Å². The van der Waals surface area contributed by atoms with E-state index in [9.17, 15) is 24.3 Å². The van der Waals surface area contributed by atoms with Crippen LogP contribution in [0.1, 0.15) is 125 Å². The smallest absolute Gasteiger partial charge is 0.870 e. The van der Waals surface area contributed by atoms with Crippen LogP contribution in [-0.2, 0) is 47.9 Å². The van der Waals surface area contributed by atoms with Gasteiger partial charge in [-0.1, -0.05) is 34.3 Å². The predicted octanol–water partition coefficient (Wildman–Crippen LogP) is -14.1. The molecule has 19 N–H and O–H groups in total. The summed E-state index contributed by atoms with van der Waals surface area (Å²) in [7, 11) is 0. The molecular weight excluding hydrogens is 912 g/mol. The Kier molecular flexibility index (Phi) is 555. The molecule has 0 aromatic rings. The van der Waals surface area contributed by atoms with E-state index in [0.29, 0.717) is 12.8 Å². The quantitative estimate of drug-likeness (QED) is 0.0653. The van der Waals surface area contributed by atoms with Crippen molar-refractivity contribution < 1.29 is 247 Å². The second-order valence-corrected chi connectivity index (χ2v) is 8.05. The number of aliphatic hydroxyl groups is 4. The summed E-state index contributed by atoms with van der Waals surface area (Å²) in [6.07, 6.45) is 5.56. The molecule has 3 unspecified atom stereocenters. The van der Waals surface area contributed by atoms with Crippen molar-refractivity contribution in [2.24, 2.45) is 5.92 Å². The van der Waals surface area contributed by atoms with Gasteiger partial charge in [-0.25, -0.2) is 0 Å². The molecule has 29 heteroatoms. The van der Waals surface area contributed by atoms with E-state index in [1.807, 2.05) is 27.7 Å². The molecule has 25 nitrogen and oxygen atoms in total. The summed E-state index contributed by atoms with van der Waals surface area (Å²) in [6.45, 7) is 28.2. The Hall–Kier alpha value is -1.02. The Morgan fingerprint density at radius 1 is 0.656 bits per heavy atom. The molecule has 0 saturated carbocycles. The van der Waals surface area contributed by atoms with Crippen molar-refractivity contribution in [1.29, 1.82) is 0 Å². The van der Waals surface area contributed by atoms with E-state index in [1.165, 1.54) is 34.0 Å². The fraction of sp³-hybridized carbons (Fsp3) is 0.629. The number of ketones is 3. The molecule has 0 aliphatic rings. The minimum absolute atomic E-state index is 0. The molecule has 0 bridgehead atoms. The van der Waals surface area contributed by atoms with Gasteiger partial charge in [0.15, 0.2) is 0 Å². The van der Waals surface area contributed by atoms with Crippen molar-refractivity contribution >= 4 is 67.2 Å². The molecule has 0 fully saturated rings. The van der Waals surface area contributed by atoms with Gasteiger partial charge in [-0.3, -0.25) is 20.7 Å². The van der Waals surface area contributed by atoms with Crippen LogP contribution in [0.4, 0.5) is 0 Å². The van der Waals surface area contributed by atoms with Crippen molar-refractivity contribution in [1.82, 2.24) is 0 Å². The van der Waals surface area contributed by atoms with Crippen LogP contribution in [0.3, 0.4) is 0 Å². The van der Waals surface area contributed by atoms with Crippen LogP contribution in [0.25, 0.3) is 0 Å². The van der Waals surface area contributed by atoms with E-state index in [4.69, 9.17) is 58.8 Å². The molecule has 0 heterocycles. The third kappa shape index (κ3) is 978. The van der Waals surface area contributed by atoms with E-state index >= 15 is 0 Å². The summed E-state index contributed by atoms with van der Waals surface area (Å²) in [4.78, 5) is 105. The van der Waals surface area contributed by atoms with Crippen LogP contribution in [0, 0.1) is 5.92 Å². The Morgan fingerprint density at radius 2 is 0.719 bits per heavy atom. The first kappa shape index (κ1) is 168. The van der Waals surface area contributed by atoms with Gasteiger partial charge >= 0.3 is 124 Å². The van der Waals surface area contributed by atoms with Crippen molar-refractivity contribution in [3.8, 4) is 0 Å². The zero-order valence-electron chi connectivity index (χ0n) is 41.9. The van der Waals surface area contributed by atoms with Crippen molar-refractivity contribution in [2.45, 2.75) is 142 Å². The maximum absolute atomic E-state index is 10.1. The van der Waals surface area contributed by atoms with Crippen LogP contribution >= 0.6 is 0 Å². The van der Waals surface area contributed by atoms with E-state index < -0.39 is 24.3 Å². The van der Waals surface area contributed by atoms with Crippen molar-refractivity contribution in [3.05, 3.63) is 12.8 Å². The summed E-state index contributed by atoms with van der Waals surface area (Å²) in [5.74, 6) is -0.454. The number of rotatable bonds is 5. The summed E-state index contributed by atoms with van der Waals surface area (Å²) in [5, 5.41) is 41.4. The molecule has 0 aliphatic carbocycles. The van der Waals surface area contributed by atoms with E-state index in [0.717, 1.165) is 44.6 Å². The third-order valence-corrected chi connectivity index (χ3v) is 2.85. The summed E-state index contributed by atoms with van der Waals surface area (Å²) < 4.78 is 0. The van der Waals surface area contributed by atoms with E-state index in [1.54, 1.807) is 48.5 Å². The number of carboxylic acid groups (broad SMARTS) is 1. The van der Waals surface area contributed by atoms with Gasteiger partial charge in [0.2, 0.25) is 0 Å². The fourth-order valence-electron chi connectivity index (χ4n) is 0. The Morgan fingerprint density at radius 3 is 0.719 bits per heavy atom. The number of carbonyl (C=O) groups is 7. The number of carboxylic acids is 1. The Balaban J connectivity index is -0.0000000105. The maximum Gasteiger partial charge on any atom is 1.00 e. The first-order valence-corrected chi connectivity index (χ1v) is 15.1. The standard InChI is InChI=1S/C5H10O.C4H10O2.2C4H8O.C3H6O3.6C2H4O.C2H3O.CO2.4Na.8H2O.H2/c1-4(2)5(3)6;1-3(5)4(2)6;2*1-3-4(2)5;1-2(4)3(5)6;7*1-2-3;2-1-3;;;;;;;;;;;;;/h4H,1-3H3;3-6H,1-2H3;2*3H2,1-2H3;2,4H,1H3,(H,5,6);5*2H,1H3;2-3H,1H2;1H3;;;;;;8*1H2;1H/q;;;;;;;;;;;-1;;4*+1;;;;;;;;;/p-2. The molecule has 0 aliphatic heterocycles. The largest absolute Gasteiger partial charge is 1.00 e. The normalized spacial score (nSPS) is 6.75. The van der Waals surface area contributed by atoms with E-state index in [2.05, 4.69) is 6.58 Å². The number of Topliss-reactive ketones (excluding diaryl/α,β-unsaturated/α-hetero) is 3. The van der Waals surface area contributed by atoms with Gasteiger partial charge in [-0.2, -0.15) is 16.5 Å². The molecule has 378 valence electrons. The number of hydrogen-bond donors (Lipinski definition) is 4. The second kappa shape index (κ2) is 212. The summed E-state index contributed by atoms with van der Waals surface area (Å²) in [6, 6.07) is 0. The van der Waals surface area contributed by atoms with Crippen LogP contribution in [0.15, 0.2) is 12.8 Å². The zero-order chi connectivity index (χ0) is 45.7. The molecule has 3 atom stereocenters. The van der Waals surface area contributed by atoms with Crippen LogP contribution in [0.5, 0.6) is 0 Å². The maximum atomic E-state index is 10.1. The molecule has 0 aromatic heterocycles. The molecule has 0 radical (unpaired) electrons. The van der Waals surface area contributed by atoms with Crippen molar-refractivity contribution in [3.63, 3.8) is 0 Å². The first-order valence-electron chi connectivity index (χ1n) is 15.1. The topological polar surface area (TPSA) is 565 Å². The molecular formula is C35H85Na4O25+. The average Bonchev–Trinajstić information content (AvgIpc) is 3.01. The molecule has 64 heavy (non-hydrogen) atoms. The van der Waals surface area contributed by atoms with Gasteiger partial charge in [-0.05, 0) is 62.3 Å². The van der Waals surface area contributed by atoms with E-state index in [-0.39, 0.29) is 193 Å². The fourth-order valence-corrected chi connectivity index (χ4v) is 0. The van der Waals surface area contributed by atoms with Gasteiger partial charge in [0.1, 0.15) is 36.2 Å². The van der Waals surface area contributed by atoms with Gasteiger partial charge in [-0.15, -0.1) is 0 Å². The van der Waals surface area contributed by atoms with Gasteiger partial charge in [0.25, 0.3) is 12.6 Å².